The summed E-state index contributed by atoms with van der Waals surface area (Å²) in [5.41, 5.74) is 0.710. The van der Waals surface area contributed by atoms with Crippen LogP contribution >= 0.6 is 15.9 Å². The van der Waals surface area contributed by atoms with E-state index in [1.54, 1.807) is 4.90 Å². The summed E-state index contributed by atoms with van der Waals surface area (Å²) in [6.45, 7) is 6.76. The highest BCUT2D eigenvalue weighted by Gasteiger charge is 2.37. The summed E-state index contributed by atoms with van der Waals surface area (Å²) in [6, 6.07) is 7.63. The number of amides is 1. The first-order valence-corrected chi connectivity index (χ1v) is 11.3. The standard InChI is InChI=1S/C22H27BrF3N3O2/c1-21(2,3)31-20(30)28-9-7-16(8-10-28)17-6-4-5-15(11-17)14-29-19(22(24,25)26)18(12-23)13-27-29/h4-6,11,13,16H,7-10,12,14H2,1-3H3. The van der Waals surface area contributed by atoms with Crippen LogP contribution in [0.4, 0.5) is 18.0 Å². The van der Waals surface area contributed by atoms with Gasteiger partial charge in [0, 0.05) is 24.0 Å². The van der Waals surface area contributed by atoms with Crippen molar-refractivity contribution in [3.05, 3.63) is 52.8 Å². The van der Waals surface area contributed by atoms with Crippen LogP contribution in [-0.2, 0) is 22.8 Å². The molecule has 1 aromatic heterocycles. The Labute approximate surface area is 188 Å². The Morgan fingerprint density at radius 1 is 1.23 bits per heavy atom. The Balaban J connectivity index is 1.69. The van der Waals surface area contributed by atoms with Crippen LogP contribution in [0.25, 0.3) is 0 Å². The zero-order chi connectivity index (χ0) is 22.8. The van der Waals surface area contributed by atoms with Crippen LogP contribution in [0.1, 0.15) is 61.9 Å². The summed E-state index contributed by atoms with van der Waals surface area (Å²) in [6.07, 6.45) is -1.95. The van der Waals surface area contributed by atoms with E-state index in [0.717, 1.165) is 28.7 Å². The number of piperidine rings is 1. The molecular formula is C22H27BrF3N3O2. The maximum atomic E-state index is 13.5. The Bertz CT molecular complexity index is 913. The monoisotopic (exact) mass is 501 g/mol. The number of carbonyl (C=O) groups excluding carboxylic acids is 1. The number of halogens is 4. The van der Waals surface area contributed by atoms with E-state index in [1.165, 1.54) is 6.20 Å². The molecule has 1 aliphatic rings. The first-order chi connectivity index (χ1) is 14.5. The van der Waals surface area contributed by atoms with Crippen LogP contribution < -0.4 is 0 Å². The van der Waals surface area contributed by atoms with Crippen LogP contribution in [0.5, 0.6) is 0 Å². The molecule has 0 radical (unpaired) electrons. The molecule has 0 N–H and O–H groups in total. The van der Waals surface area contributed by atoms with Crippen molar-refractivity contribution in [3.8, 4) is 0 Å². The van der Waals surface area contributed by atoms with Gasteiger partial charge >= 0.3 is 12.3 Å². The fourth-order valence-corrected chi connectivity index (χ4v) is 4.22. The number of hydrogen-bond acceptors (Lipinski definition) is 3. The van der Waals surface area contributed by atoms with Gasteiger partial charge in [0.2, 0.25) is 0 Å². The van der Waals surface area contributed by atoms with Crippen molar-refractivity contribution in [2.45, 2.75) is 63.2 Å². The normalized spacial score (nSPS) is 15.9. The highest BCUT2D eigenvalue weighted by Crippen LogP contribution is 2.34. The van der Waals surface area contributed by atoms with Crippen molar-refractivity contribution < 1.29 is 22.7 Å². The van der Waals surface area contributed by atoms with E-state index in [2.05, 4.69) is 21.0 Å². The average Bonchev–Trinajstić information content (AvgIpc) is 3.10. The molecule has 31 heavy (non-hydrogen) atoms. The molecule has 3 rings (SSSR count). The molecule has 1 saturated heterocycles. The van der Waals surface area contributed by atoms with Crippen LogP contribution in [0, 0.1) is 0 Å². The number of carbonyl (C=O) groups is 1. The number of hydrogen-bond donors (Lipinski definition) is 0. The predicted molar refractivity (Wildman–Crippen MR) is 115 cm³/mol. The number of nitrogens with zero attached hydrogens (tertiary/aromatic N) is 3. The highest BCUT2D eigenvalue weighted by atomic mass is 79.9. The third kappa shape index (κ3) is 6.02. The third-order valence-corrected chi connectivity index (χ3v) is 5.83. The second-order valence-electron chi connectivity index (χ2n) is 8.79. The SMILES string of the molecule is CC(C)(C)OC(=O)N1CCC(c2cccc(Cn3ncc(CBr)c3C(F)(F)F)c2)CC1. The first kappa shape index (κ1) is 23.6. The first-order valence-electron chi connectivity index (χ1n) is 10.2. The van der Waals surface area contributed by atoms with Gasteiger partial charge in [0.1, 0.15) is 11.3 Å². The van der Waals surface area contributed by atoms with E-state index in [0.29, 0.717) is 13.1 Å². The van der Waals surface area contributed by atoms with Gasteiger partial charge in [0.15, 0.2) is 0 Å². The summed E-state index contributed by atoms with van der Waals surface area (Å²) in [4.78, 5) is 14.0. The quantitative estimate of drug-likeness (QED) is 0.485. The predicted octanol–water partition coefficient (Wildman–Crippen LogP) is 5.96. The highest BCUT2D eigenvalue weighted by molar-refractivity contribution is 9.08. The number of aromatic nitrogens is 2. The number of benzene rings is 1. The molecule has 0 saturated carbocycles. The topological polar surface area (TPSA) is 47.4 Å². The molecule has 2 aromatic rings. The molecule has 0 bridgehead atoms. The number of alkyl halides is 4. The zero-order valence-corrected chi connectivity index (χ0v) is 19.5. The van der Waals surface area contributed by atoms with Crippen molar-refractivity contribution >= 4 is 22.0 Å². The van der Waals surface area contributed by atoms with Crippen molar-refractivity contribution in [1.29, 1.82) is 0 Å². The second-order valence-corrected chi connectivity index (χ2v) is 9.35. The molecule has 1 amide bonds. The van der Waals surface area contributed by atoms with E-state index in [9.17, 15) is 18.0 Å². The van der Waals surface area contributed by atoms with Crippen LogP contribution in [0.3, 0.4) is 0 Å². The van der Waals surface area contributed by atoms with Gasteiger partial charge in [0.25, 0.3) is 0 Å². The maximum absolute atomic E-state index is 13.5. The summed E-state index contributed by atoms with van der Waals surface area (Å²) in [5, 5.41) is 4.05. The van der Waals surface area contributed by atoms with Crippen molar-refractivity contribution in [2.75, 3.05) is 13.1 Å². The second kappa shape index (κ2) is 9.22. The lowest BCUT2D eigenvalue weighted by Gasteiger charge is -2.33. The van der Waals surface area contributed by atoms with Gasteiger partial charge in [-0.2, -0.15) is 18.3 Å². The molecule has 1 aliphatic heterocycles. The fraction of sp³-hybridized carbons (Fsp3) is 0.545. The molecule has 0 spiro atoms. The lowest BCUT2D eigenvalue weighted by molar-refractivity contribution is -0.144. The van der Waals surface area contributed by atoms with Gasteiger partial charge in [-0.05, 0) is 50.7 Å². The number of ether oxygens (including phenoxy) is 1. The number of rotatable bonds is 4. The zero-order valence-electron chi connectivity index (χ0n) is 17.9. The molecule has 170 valence electrons. The average molecular weight is 502 g/mol. The molecule has 0 atom stereocenters. The lowest BCUT2D eigenvalue weighted by atomic mass is 9.88. The van der Waals surface area contributed by atoms with E-state index < -0.39 is 17.5 Å². The minimum Gasteiger partial charge on any atom is -0.444 e. The smallest absolute Gasteiger partial charge is 0.433 e. The molecule has 0 unspecified atom stereocenters. The minimum absolute atomic E-state index is 0.0481. The summed E-state index contributed by atoms with van der Waals surface area (Å²) in [5.74, 6) is 0.247. The van der Waals surface area contributed by atoms with E-state index in [1.807, 2.05) is 45.0 Å². The van der Waals surface area contributed by atoms with Gasteiger partial charge in [-0.3, -0.25) is 4.68 Å². The van der Waals surface area contributed by atoms with E-state index in [-0.39, 0.29) is 29.4 Å². The van der Waals surface area contributed by atoms with E-state index in [4.69, 9.17) is 4.74 Å². The van der Waals surface area contributed by atoms with Crippen molar-refractivity contribution in [1.82, 2.24) is 14.7 Å². The molecule has 9 heteroatoms. The summed E-state index contributed by atoms with van der Waals surface area (Å²) < 4.78 is 46.9. The molecule has 1 fully saturated rings. The summed E-state index contributed by atoms with van der Waals surface area (Å²) >= 11 is 3.10. The van der Waals surface area contributed by atoms with Crippen LogP contribution in [0.15, 0.2) is 30.5 Å². The third-order valence-electron chi connectivity index (χ3n) is 5.23. The Hall–Kier alpha value is -2.03. The maximum Gasteiger partial charge on any atom is 0.433 e. The van der Waals surface area contributed by atoms with Gasteiger partial charge in [0.05, 0.1) is 12.7 Å². The number of likely N-dealkylation sites (tertiary alicyclic amines) is 1. The van der Waals surface area contributed by atoms with Gasteiger partial charge in [-0.25, -0.2) is 4.79 Å². The Kier molecular flexibility index (Phi) is 7.03. The van der Waals surface area contributed by atoms with Gasteiger partial charge in [-0.15, -0.1) is 0 Å². The van der Waals surface area contributed by atoms with Crippen molar-refractivity contribution in [3.63, 3.8) is 0 Å². The van der Waals surface area contributed by atoms with Crippen molar-refractivity contribution in [2.24, 2.45) is 0 Å². The lowest BCUT2D eigenvalue weighted by Crippen LogP contribution is -2.41. The fourth-order valence-electron chi connectivity index (χ4n) is 3.81. The van der Waals surface area contributed by atoms with Crippen LogP contribution in [0.2, 0.25) is 0 Å². The summed E-state index contributed by atoms with van der Waals surface area (Å²) in [7, 11) is 0. The Morgan fingerprint density at radius 2 is 1.90 bits per heavy atom. The van der Waals surface area contributed by atoms with E-state index >= 15 is 0 Å². The molecular weight excluding hydrogens is 475 g/mol. The molecule has 2 heterocycles. The minimum atomic E-state index is -4.47. The molecule has 1 aromatic carbocycles. The Morgan fingerprint density at radius 3 is 2.48 bits per heavy atom. The molecule has 0 aliphatic carbocycles. The van der Waals surface area contributed by atoms with Gasteiger partial charge in [-0.1, -0.05) is 40.2 Å². The van der Waals surface area contributed by atoms with Gasteiger partial charge < -0.3 is 9.64 Å². The largest absolute Gasteiger partial charge is 0.444 e. The molecule has 5 nitrogen and oxygen atoms in total. The van der Waals surface area contributed by atoms with Crippen LogP contribution in [-0.4, -0.2) is 39.5 Å².